The Labute approximate surface area is 119 Å². The predicted octanol–water partition coefficient (Wildman–Crippen LogP) is 1.40. The molecule has 0 aromatic rings. The van der Waals surface area contributed by atoms with Gasteiger partial charge in [0.25, 0.3) is 0 Å². The number of hydrogen-bond donors (Lipinski definition) is 1. The third-order valence-electron chi connectivity index (χ3n) is 4.31. The number of ether oxygens (including phenoxy) is 1. The highest BCUT2D eigenvalue weighted by atomic mass is 16.5. The minimum absolute atomic E-state index is 0.0254. The van der Waals surface area contributed by atoms with Crippen LogP contribution in [0.25, 0.3) is 0 Å². The van der Waals surface area contributed by atoms with Crippen molar-refractivity contribution in [2.45, 2.75) is 45.3 Å². The maximum Gasteiger partial charge on any atom is 0.326 e. The van der Waals surface area contributed by atoms with Crippen LogP contribution in [0.2, 0.25) is 0 Å². The van der Waals surface area contributed by atoms with Crippen molar-refractivity contribution in [1.82, 2.24) is 9.80 Å². The SMILES string of the molecule is CCOC1CCN(C(=O)N2CCC(C)C2C(=O)O)CC1. The summed E-state index contributed by atoms with van der Waals surface area (Å²) in [5, 5.41) is 9.28. The number of urea groups is 1. The first-order valence-corrected chi connectivity index (χ1v) is 7.44. The van der Waals surface area contributed by atoms with E-state index in [2.05, 4.69) is 0 Å². The maximum atomic E-state index is 12.5. The minimum atomic E-state index is -0.896. The van der Waals surface area contributed by atoms with Crippen LogP contribution in [0.1, 0.15) is 33.1 Å². The molecule has 0 aromatic carbocycles. The molecule has 20 heavy (non-hydrogen) atoms. The highest BCUT2D eigenvalue weighted by Gasteiger charge is 2.41. The van der Waals surface area contributed by atoms with Crippen LogP contribution in [-0.2, 0) is 9.53 Å². The van der Waals surface area contributed by atoms with E-state index >= 15 is 0 Å². The van der Waals surface area contributed by atoms with Crippen molar-refractivity contribution < 1.29 is 19.4 Å². The number of hydrogen-bond acceptors (Lipinski definition) is 3. The number of likely N-dealkylation sites (tertiary alicyclic amines) is 2. The second-order valence-corrected chi connectivity index (χ2v) is 5.67. The first-order valence-electron chi connectivity index (χ1n) is 7.44. The molecule has 6 nitrogen and oxygen atoms in total. The van der Waals surface area contributed by atoms with Crippen LogP contribution in [0, 0.1) is 5.92 Å². The van der Waals surface area contributed by atoms with Crippen LogP contribution in [0.4, 0.5) is 4.79 Å². The van der Waals surface area contributed by atoms with Gasteiger partial charge >= 0.3 is 12.0 Å². The van der Waals surface area contributed by atoms with Crippen molar-refractivity contribution in [3.63, 3.8) is 0 Å². The molecule has 0 bridgehead atoms. The molecule has 0 spiro atoms. The van der Waals surface area contributed by atoms with Gasteiger partial charge in [0.05, 0.1) is 6.10 Å². The van der Waals surface area contributed by atoms with Gasteiger partial charge in [-0.05, 0) is 32.1 Å². The highest BCUT2D eigenvalue weighted by molar-refractivity contribution is 5.83. The number of carboxylic acid groups (broad SMARTS) is 1. The molecule has 2 unspecified atom stereocenters. The average molecular weight is 284 g/mol. The lowest BCUT2D eigenvalue weighted by atomic mass is 10.0. The molecule has 2 amide bonds. The molecule has 2 aliphatic rings. The monoisotopic (exact) mass is 284 g/mol. The number of amides is 2. The summed E-state index contributed by atoms with van der Waals surface area (Å²) in [7, 11) is 0. The lowest BCUT2D eigenvalue weighted by Gasteiger charge is -2.35. The van der Waals surface area contributed by atoms with E-state index in [0.29, 0.717) is 26.2 Å². The molecule has 2 saturated heterocycles. The lowest BCUT2D eigenvalue weighted by molar-refractivity contribution is -0.142. The van der Waals surface area contributed by atoms with Gasteiger partial charge < -0.3 is 19.6 Å². The first-order chi connectivity index (χ1) is 9.54. The second kappa shape index (κ2) is 6.43. The fourth-order valence-electron chi connectivity index (χ4n) is 3.17. The topological polar surface area (TPSA) is 70.1 Å². The largest absolute Gasteiger partial charge is 0.480 e. The van der Waals surface area contributed by atoms with E-state index in [9.17, 15) is 14.7 Å². The summed E-state index contributed by atoms with van der Waals surface area (Å²) < 4.78 is 5.57. The summed E-state index contributed by atoms with van der Waals surface area (Å²) in [5.41, 5.74) is 0. The number of carbonyl (C=O) groups excluding carboxylic acids is 1. The van der Waals surface area contributed by atoms with Gasteiger partial charge in [-0.1, -0.05) is 6.92 Å². The van der Waals surface area contributed by atoms with Gasteiger partial charge in [-0.2, -0.15) is 0 Å². The van der Waals surface area contributed by atoms with Crippen molar-refractivity contribution in [1.29, 1.82) is 0 Å². The highest BCUT2D eigenvalue weighted by Crippen LogP contribution is 2.26. The molecule has 1 N–H and O–H groups in total. The molecule has 2 heterocycles. The average Bonchev–Trinajstić information content (AvgIpc) is 2.81. The molecule has 2 rings (SSSR count). The molecule has 0 radical (unpaired) electrons. The van der Waals surface area contributed by atoms with E-state index in [-0.39, 0.29) is 18.1 Å². The summed E-state index contributed by atoms with van der Waals surface area (Å²) >= 11 is 0. The Balaban J connectivity index is 1.93. The summed E-state index contributed by atoms with van der Waals surface area (Å²) in [6.45, 7) is 6.42. The summed E-state index contributed by atoms with van der Waals surface area (Å²) in [5.74, 6) is -0.870. The van der Waals surface area contributed by atoms with E-state index < -0.39 is 12.0 Å². The number of carbonyl (C=O) groups is 2. The van der Waals surface area contributed by atoms with Gasteiger partial charge in [0.2, 0.25) is 0 Å². The van der Waals surface area contributed by atoms with Gasteiger partial charge in [-0.25, -0.2) is 9.59 Å². The lowest BCUT2D eigenvalue weighted by Crippen LogP contribution is -2.51. The zero-order chi connectivity index (χ0) is 14.7. The molecule has 0 aliphatic carbocycles. The molecule has 0 saturated carbocycles. The van der Waals surface area contributed by atoms with E-state index in [1.165, 1.54) is 4.90 Å². The van der Waals surface area contributed by atoms with E-state index in [0.717, 1.165) is 19.3 Å². The third-order valence-corrected chi connectivity index (χ3v) is 4.31. The van der Waals surface area contributed by atoms with Crippen molar-refractivity contribution in [2.24, 2.45) is 5.92 Å². The van der Waals surface area contributed by atoms with Gasteiger partial charge in [-0.15, -0.1) is 0 Å². The van der Waals surface area contributed by atoms with Crippen LogP contribution in [0.15, 0.2) is 0 Å². The van der Waals surface area contributed by atoms with E-state index in [1.54, 1.807) is 4.90 Å². The quantitative estimate of drug-likeness (QED) is 0.850. The van der Waals surface area contributed by atoms with Crippen LogP contribution >= 0.6 is 0 Å². The van der Waals surface area contributed by atoms with Crippen molar-refractivity contribution in [3.05, 3.63) is 0 Å². The standard InChI is InChI=1S/C14H24N2O4/c1-3-20-11-5-7-15(8-6-11)14(19)16-9-4-10(2)12(16)13(17)18/h10-12H,3-9H2,1-2H3,(H,17,18). The molecule has 114 valence electrons. The number of piperidine rings is 1. The Morgan fingerprint density at radius 3 is 2.40 bits per heavy atom. The maximum absolute atomic E-state index is 12.5. The normalized spacial score (nSPS) is 27.9. The van der Waals surface area contributed by atoms with Crippen LogP contribution < -0.4 is 0 Å². The molecular formula is C14H24N2O4. The Bertz CT molecular complexity index is 366. The van der Waals surface area contributed by atoms with Crippen LogP contribution in [0.3, 0.4) is 0 Å². The van der Waals surface area contributed by atoms with Crippen molar-refractivity contribution in [3.8, 4) is 0 Å². The van der Waals surface area contributed by atoms with Gasteiger partial charge in [0.15, 0.2) is 0 Å². The zero-order valence-electron chi connectivity index (χ0n) is 12.2. The molecule has 2 aliphatic heterocycles. The molecule has 2 fully saturated rings. The van der Waals surface area contributed by atoms with Crippen molar-refractivity contribution in [2.75, 3.05) is 26.2 Å². The fourth-order valence-corrected chi connectivity index (χ4v) is 3.17. The molecular weight excluding hydrogens is 260 g/mol. The number of aliphatic carboxylic acids is 1. The Kier molecular flexibility index (Phi) is 4.86. The predicted molar refractivity (Wildman–Crippen MR) is 73.5 cm³/mol. The Morgan fingerprint density at radius 1 is 1.20 bits per heavy atom. The van der Waals surface area contributed by atoms with Crippen LogP contribution in [-0.4, -0.2) is 65.3 Å². The second-order valence-electron chi connectivity index (χ2n) is 5.67. The summed E-state index contributed by atoms with van der Waals surface area (Å²) in [4.78, 5) is 27.1. The zero-order valence-corrected chi connectivity index (χ0v) is 12.2. The number of carboxylic acids is 1. The minimum Gasteiger partial charge on any atom is -0.480 e. The molecule has 0 aromatic heterocycles. The molecule has 6 heteroatoms. The smallest absolute Gasteiger partial charge is 0.326 e. The van der Waals surface area contributed by atoms with Crippen molar-refractivity contribution >= 4 is 12.0 Å². The van der Waals surface area contributed by atoms with E-state index in [1.807, 2.05) is 13.8 Å². The number of rotatable bonds is 3. The molecule has 2 atom stereocenters. The number of nitrogens with zero attached hydrogens (tertiary/aromatic N) is 2. The van der Waals surface area contributed by atoms with Gasteiger partial charge in [-0.3, -0.25) is 0 Å². The Morgan fingerprint density at radius 2 is 1.85 bits per heavy atom. The Hall–Kier alpha value is -1.30. The summed E-state index contributed by atoms with van der Waals surface area (Å²) in [6, 6.07) is -0.802. The van der Waals surface area contributed by atoms with E-state index in [4.69, 9.17) is 4.74 Å². The summed E-state index contributed by atoms with van der Waals surface area (Å²) in [6.07, 6.45) is 2.66. The third kappa shape index (κ3) is 3.06. The van der Waals surface area contributed by atoms with Crippen LogP contribution in [0.5, 0.6) is 0 Å². The van der Waals surface area contributed by atoms with Gasteiger partial charge in [0, 0.05) is 26.2 Å². The first kappa shape index (κ1) is 15.1. The fraction of sp³-hybridized carbons (Fsp3) is 0.857. The van der Waals surface area contributed by atoms with Gasteiger partial charge in [0.1, 0.15) is 6.04 Å².